The fourth-order valence-corrected chi connectivity index (χ4v) is 2.79. The first-order chi connectivity index (χ1) is 12.9. The van der Waals surface area contributed by atoms with Crippen molar-refractivity contribution in [1.29, 1.82) is 0 Å². The fraction of sp³-hybridized carbons (Fsp3) is 0.211. The lowest BCUT2D eigenvalue weighted by molar-refractivity contribution is -0.137. The highest BCUT2D eigenvalue weighted by atomic mass is 19.4. The predicted molar refractivity (Wildman–Crippen MR) is 94.1 cm³/mol. The molecule has 5 nitrogen and oxygen atoms in total. The molecule has 0 saturated heterocycles. The van der Waals surface area contributed by atoms with E-state index in [1.54, 1.807) is 18.3 Å². The summed E-state index contributed by atoms with van der Waals surface area (Å²) >= 11 is 0. The number of halogens is 3. The van der Waals surface area contributed by atoms with Crippen molar-refractivity contribution in [3.05, 3.63) is 48.2 Å². The first kappa shape index (κ1) is 18.6. The number of nitrogens with one attached hydrogen (secondary N) is 1. The van der Waals surface area contributed by atoms with E-state index in [-0.39, 0.29) is 0 Å². The smallest absolute Gasteiger partial charge is 0.416 e. The zero-order valence-corrected chi connectivity index (χ0v) is 14.8. The molecule has 0 amide bonds. The van der Waals surface area contributed by atoms with E-state index in [1.165, 1.54) is 33.5 Å². The topological polar surface area (TPSA) is 56.4 Å². The Hall–Kier alpha value is -3.16. The molecule has 1 N–H and O–H groups in total. The highest BCUT2D eigenvalue weighted by Crippen LogP contribution is 2.42. The van der Waals surface area contributed by atoms with Crippen molar-refractivity contribution < 1.29 is 27.4 Å². The Bertz CT molecular complexity index is 909. The molecule has 0 aliphatic rings. The Kier molecular flexibility index (Phi) is 4.98. The molecule has 0 aliphatic carbocycles. The summed E-state index contributed by atoms with van der Waals surface area (Å²) in [5, 5.41) is 6.92. The molecule has 0 saturated carbocycles. The van der Waals surface area contributed by atoms with Gasteiger partial charge in [-0.25, -0.2) is 0 Å². The number of rotatable bonds is 5. The third-order valence-electron chi connectivity index (χ3n) is 4.12. The number of nitrogens with zero attached hydrogens (tertiary/aromatic N) is 1. The molecule has 1 heterocycles. The van der Waals surface area contributed by atoms with Crippen LogP contribution in [-0.2, 0) is 6.18 Å². The van der Waals surface area contributed by atoms with E-state index < -0.39 is 11.7 Å². The van der Waals surface area contributed by atoms with E-state index in [4.69, 9.17) is 14.2 Å². The van der Waals surface area contributed by atoms with Gasteiger partial charge < -0.3 is 14.2 Å². The maximum atomic E-state index is 12.8. The number of methoxy groups -OCH3 is 3. The van der Waals surface area contributed by atoms with Crippen LogP contribution in [0, 0.1) is 0 Å². The van der Waals surface area contributed by atoms with E-state index in [2.05, 4.69) is 10.2 Å². The third kappa shape index (κ3) is 3.55. The molecule has 2 aromatic carbocycles. The van der Waals surface area contributed by atoms with Gasteiger partial charge in [-0.15, -0.1) is 0 Å². The van der Waals surface area contributed by atoms with Crippen molar-refractivity contribution in [3.8, 4) is 39.6 Å². The Morgan fingerprint density at radius 3 is 1.93 bits per heavy atom. The van der Waals surface area contributed by atoms with Gasteiger partial charge >= 0.3 is 6.18 Å². The molecule has 0 unspecified atom stereocenters. The molecule has 3 aromatic rings. The summed E-state index contributed by atoms with van der Waals surface area (Å²) in [4.78, 5) is 0. The van der Waals surface area contributed by atoms with Crippen molar-refractivity contribution in [2.75, 3.05) is 21.3 Å². The van der Waals surface area contributed by atoms with Crippen molar-refractivity contribution in [1.82, 2.24) is 10.2 Å². The van der Waals surface area contributed by atoms with Gasteiger partial charge in [0, 0.05) is 11.1 Å². The van der Waals surface area contributed by atoms with E-state index in [0.717, 1.165) is 12.1 Å². The number of ether oxygens (including phenoxy) is 3. The molecular formula is C19H17F3N2O3. The maximum Gasteiger partial charge on any atom is 0.416 e. The number of hydrogen-bond donors (Lipinski definition) is 1. The van der Waals surface area contributed by atoms with Crippen LogP contribution >= 0.6 is 0 Å². The van der Waals surface area contributed by atoms with Crippen LogP contribution in [-0.4, -0.2) is 31.5 Å². The minimum absolute atomic E-state index is 0.444. The standard InChI is InChI=1S/C19H17F3N2O3/c1-25-15-8-12(9-16(26-2)18(15)27-3)17-14(10-23-24-17)11-4-6-13(7-5-11)19(20,21)22/h4-10H,1-3H3,(H,23,24). The van der Waals surface area contributed by atoms with Crippen LogP contribution in [0.4, 0.5) is 13.2 Å². The summed E-state index contributed by atoms with van der Waals surface area (Å²) in [6.07, 6.45) is -2.82. The van der Waals surface area contributed by atoms with Gasteiger partial charge in [-0.1, -0.05) is 12.1 Å². The Labute approximate surface area is 153 Å². The molecule has 0 atom stereocenters. The van der Waals surface area contributed by atoms with Gasteiger partial charge in [0.2, 0.25) is 5.75 Å². The lowest BCUT2D eigenvalue weighted by atomic mass is 10.00. The van der Waals surface area contributed by atoms with Crippen LogP contribution in [0.25, 0.3) is 22.4 Å². The van der Waals surface area contributed by atoms with Gasteiger partial charge in [0.15, 0.2) is 11.5 Å². The molecule has 27 heavy (non-hydrogen) atoms. The maximum absolute atomic E-state index is 12.8. The number of H-pyrrole nitrogens is 1. The lowest BCUT2D eigenvalue weighted by Gasteiger charge is -2.14. The summed E-state index contributed by atoms with van der Waals surface area (Å²) in [5.41, 5.74) is 1.86. The molecule has 0 fully saturated rings. The number of benzene rings is 2. The molecular weight excluding hydrogens is 361 g/mol. The van der Waals surface area contributed by atoms with Crippen LogP contribution in [0.1, 0.15) is 5.56 Å². The molecule has 0 spiro atoms. The Morgan fingerprint density at radius 1 is 0.852 bits per heavy atom. The number of alkyl halides is 3. The van der Waals surface area contributed by atoms with E-state index in [1.807, 2.05) is 0 Å². The molecule has 3 rings (SSSR count). The molecule has 0 radical (unpaired) electrons. The van der Waals surface area contributed by atoms with Crippen molar-refractivity contribution >= 4 is 0 Å². The minimum atomic E-state index is -4.38. The molecule has 0 aliphatic heterocycles. The van der Waals surface area contributed by atoms with E-state index >= 15 is 0 Å². The summed E-state index contributed by atoms with van der Waals surface area (Å²) < 4.78 is 54.4. The van der Waals surface area contributed by atoms with Crippen molar-refractivity contribution in [3.63, 3.8) is 0 Å². The monoisotopic (exact) mass is 378 g/mol. The number of aromatic amines is 1. The fourth-order valence-electron chi connectivity index (χ4n) is 2.79. The quantitative estimate of drug-likeness (QED) is 0.694. The second-order valence-electron chi connectivity index (χ2n) is 5.65. The van der Waals surface area contributed by atoms with Crippen LogP contribution in [0.5, 0.6) is 17.2 Å². The second kappa shape index (κ2) is 7.22. The molecule has 142 valence electrons. The highest BCUT2D eigenvalue weighted by Gasteiger charge is 2.30. The van der Waals surface area contributed by atoms with Crippen LogP contribution < -0.4 is 14.2 Å². The number of hydrogen-bond acceptors (Lipinski definition) is 4. The zero-order chi connectivity index (χ0) is 19.6. The van der Waals surface area contributed by atoms with E-state index in [9.17, 15) is 13.2 Å². The van der Waals surface area contributed by atoms with Crippen LogP contribution in [0.3, 0.4) is 0 Å². The second-order valence-corrected chi connectivity index (χ2v) is 5.65. The van der Waals surface area contributed by atoms with Gasteiger partial charge in [0.25, 0.3) is 0 Å². The summed E-state index contributed by atoms with van der Waals surface area (Å²) in [6.45, 7) is 0. The largest absolute Gasteiger partial charge is 0.493 e. The average molecular weight is 378 g/mol. The normalized spacial score (nSPS) is 11.3. The first-order valence-corrected chi connectivity index (χ1v) is 7.90. The highest BCUT2D eigenvalue weighted by molar-refractivity contribution is 5.82. The van der Waals surface area contributed by atoms with Crippen molar-refractivity contribution in [2.24, 2.45) is 0 Å². The predicted octanol–water partition coefficient (Wildman–Crippen LogP) is 4.79. The first-order valence-electron chi connectivity index (χ1n) is 7.90. The van der Waals surface area contributed by atoms with Crippen LogP contribution in [0.15, 0.2) is 42.6 Å². The summed E-state index contributed by atoms with van der Waals surface area (Å²) in [6, 6.07) is 8.39. The van der Waals surface area contributed by atoms with Gasteiger partial charge in [-0.2, -0.15) is 18.3 Å². The van der Waals surface area contributed by atoms with Crippen LogP contribution in [0.2, 0.25) is 0 Å². The van der Waals surface area contributed by atoms with Gasteiger partial charge in [0.05, 0.1) is 38.8 Å². The minimum Gasteiger partial charge on any atom is -0.493 e. The summed E-state index contributed by atoms with van der Waals surface area (Å²) in [7, 11) is 4.51. The van der Waals surface area contributed by atoms with Crippen molar-refractivity contribution in [2.45, 2.75) is 6.18 Å². The van der Waals surface area contributed by atoms with Gasteiger partial charge in [-0.05, 0) is 29.8 Å². The lowest BCUT2D eigenvalue weighted by Crippen LogP contribution is -2.04. The van der Waals surface area contributed by atoms with Gasteiger partial charge in [0.1, 0.15) is 0 Å². The Morgan fingerprint density at radius 2 is 1.44 bits per heavy atom. The molecule has 0 bridgehead atoms. The molecule has 8 heteroatoms. The summed E-state index contributed by atoms with van der Waals surface area (Å²) in [5.74, 6) is 1.36. The Balaban J connectivity index is 2.08. The average Bonchev–Trinajstić information content (AvgIpc) is 3.16. The molecule has 1 aromatic heterocycles. The zero-order valence-electron chi connectivity index (χ0n) is 14.8. The number of aromatic nitrogens is 2. The SMILES string of the molecule is COc1cc(-c2[nH]ncc2-c2ccc(C(F)(F)F)cc2)cc(OC)c1OC. The van der Waals surface area contributed by atoms with Gasteiger partial charge in [-0.3, -0.25) is 5.10 Å². The van der Waals surface area contributed by atoms with E-state index in [0.29, 0.717) is 39.6 Å². The third-order valence-corrected chi connectivity index (χ3v) is 4.12.